The van der Waals surface area contributed by atoms with E-state index >= 15 is 0 Å². The third-order valence-corrected chi connectivity index (χ3v) is 3.96. The van der Waals surface area contributed by atoms with Gasteiger partial charge in [0.25, 0.3) is 0 Å². The summed E-state index contributed by atoms with van der Waals surface area (Å²) < 4.78 is 38.1. The minimum absolute atomic E-state index is 0.0452. The molecule has 1 aliphatic heterocycles. The second kappa shape index (κ2) is 6.39. The molecule has 1 fully saturated rings. The Labute approximate surface area is 134 Å². The topological polar surface area (TPSA) is 35.6 Å². The van der Waals surface area contributed by atoms with Gasteiger partial charge in [0.1, 0.15) is 0 Å². The van der Waals surface area contributed by atoms with E-state index in [0.717, 1.165) is 25.2 Å². The van der Waals surface area contributed by atoms with Crippen molar-refractivity contribution in [2.75, 3.05) is 31.5 Å². The lowest BCUT2D eigenvalue weighted by molar-refractivity contribution is -0.137. The van der Waals surface area contributed by atoms with Crippen LogP contribution in [0.1, 0.15) is 26.3 Å². The molecular weight excluding hydrogens is 307 g/mol. The van der Waals surface area contributed by atoms with Crippen LogP contribution >= 0.6 is 0 Å². The highest BCUT2D eigenvalue weighted by Gasteiger charge is 2.31. The standard InChI is InChI=1S/C16H22F3N3O/c1-15(2,3)22-9-7-21(8-10-22)14(23)20-13-6-4-5-12(11-13)16(17,18)19/h4-6,11H,7-10H2,1-3H3,(H,20,23). The Morgan fingerprint density at radius 1 is 1.09 bits per heavy atom. The van der Waals surface area contributed by atoms with Crippen LogP contribution in [-0.4, -0.2) is 47.5 Å². The zero-order valence-electron chi connectivity index (χ0n) is 13.6. The second-order valence-electron chi connectivity index (χ2n) is 6.65. The van der Waals surface area contributed by atoms with Crippen LogP contribution < -0.4 is 5.32 Å². The number of hydrogen-bond acceptors (Lipinski definition) is 2. The molecule has 23 heavy (non-hydrogen) atoms. The van der Waals surface area contributed by atoms with Crippen LogP contribution in [0.3, 0.4) is 0 Å². The molecular formula is C16H22F3N3O. The number of nitrogens with zero attached hydrogens (tertiary/aromatic N) is 2. The molecule has 1 saturated heterocycles. The molecule has 1 aromatic carbocycles. The van der Waals surface area contributed by atoms with Crippen molar-refractivity contribution in [3.63, 3.8) is 0 Å². The average Bonchev–Trinajstić information content (AvgIpc) is 2.46. The normalized spacial score (nSPS) is 17.2. The van der Waals surface area contributed by atoms with E-state index in [2.05, 4.69) is 31.0 Å². The highest BCUT2D eigenvalue weighted by atomic mass is 19.4. The third kappa shape index (κ3) is 4.60. The van der Waals surface area contributed by atoms with Crippen molar-refractivity contribution in [3.8, 4) is 0 Å². The van der Waals surface area contributed by atoms with Gasteiger partial charge in [0.15, 0.2) is 0 Å². The molecule has 1 heterocycles. The predicted octanol–water partition coefficient (Wildman–Crippen LogP) is 3.65. The van der Waals surface area contributed by atoms with Crippen LogP contribution in [0.4, 0.5) is 23.7 Å². The van der Waals surface area contributed by atoms with Gasteiger partial charge in [-0.25, -0.2) is 4.79 Å². The summed E-state index contributed by atoms with van der Waals surface area (Å²) in [5.41, 5.74) is -0.570. The van der Waals surface area contributed by atoms with E-state index in [9.17, 15) is 18.0 Å². The summed E-state index contributed by atoms with van der Waals surface area (Å²) in [4.78, 5) is 16.1. The molecule has 7 heteroatoms. The molecule has 0 aromatic heterocycles. The smallest absolute Gasteiger partial charge is 0.322 e. The summed E-state index contributed by atoms with van der Waals surface area (Å²) in [6, 6.07) is 4.31. The first kappa shape index (κ1) is 17.6. The fourth-order valence-corrected chi connectivity index (χ4v) is 2.56. The van der Waals surface area contributed by atoms with Crippen LogP contribution in [0, 0.1) is 0 Å². The number of carbonyl (C=O) groups is 1. The zero-order chi connectivity index (χ0) is 17.3. The number of hydrogen-bond donors (Lipinski definition) is 1. The highest BCUT2D eigenvalue weighted by Crippen LogP contribution is 2.30. The van der Waals surface area contributed by atoms with Crippen LogP contribution in [0.15, 0.2) is 24.3 Å². The largest absolute Gasteiger partial charge is 0.416 e. The lowest BCUT2D eigenvalue weighted by Gasteiger charge is -2.42. The molecule has 1 aliphatic rings. The molecule has 1 aromatic rings. The summed E-state index contributed by atoms with van der Waals surface area (Å²) in [7, 11) is 0. The van der Waals surface area contributed by atoms with Gasteiger partial charge >= 0.3 is 12.2 Å². The SMILES string of the molecule is CC(C)(C)N1CCN(C(=O)Nc2cccc(C(F)(F)F)c2)CC1. The zero-order valence-corrected chi connectivity index (χ0v) is 13.6. The van der Waals surface area contributed by atoms with Crippen molar-refractivity contribution < 1.29 is 18.0 Å². The third-order valence-electron chi connectivity index (χ3n) is 3.96. The number of alkyl halides is 3. The molecule has 2 amide bonds. The number of urea groups is 1. The van der Waals surface area contributed by atoms with Crippen LogP contribution in [0.25, 0.3) is 0 Å². The van der Waals surface area contributed by atoms with Crippen molar-refractivity contribution in [1.29, 1.82) is 0 Å². The number of carbonyl (C=O) groups excluding carboxylic acids is 1. The Hall–Kier alpha value is -1.76. The van der Waals surface area contributed by atoms with Gasteiger partial charge in [-0.15, -0.1) is 0 Å². The fraction of sp³-hybridized carbons (Fsp3) is 0.562. The summed E-state index contributed by atoms with van der Waals surface area (Å²) in [6.07, 6.45) is -4.42. The molecule has 0 unspecified atom stereocenters. The van der Waals surface area contributed by atoms with Gasteiger partial charge < -0.3 is 10.2 Å². The first-order valence-electron chi connectivity index (χ1n) is 7.55. The second-order valence-corrected chi connectivity index (χ2v) is 6.65. The van der Waals surface area contributed by atoms with Crippen molar-refractivity contribution in [2.24, 2.45) is 0 Å². The first-order valence-corrected chi connectivity index (χ1v) is 7.55. The first-order chi connectivity index (χ1) is 10.6. The summed E-state index contributed by atoms with van der Waals surface area (Å²) >= 11 is 0. The van der Waals surface area contributed by atoms with Gasteiger partial charge in [-0.3, -0.25) is 4.90 Å². The van der Waals surface area contributed by atoms with Gasteiger partial charge in [0, 0.05) is 37.4 Å². The summed E-state index contributed by atoms with van der Waals surface area (Å²) in [5, 5.41) is 2.55. The van der Waals surface area contributed by atoms with Crippen LogP contribution in [0.5, 0.6) is 0 Å². The van der Waals surface area contributed by atoms with Gasteiger partial charge in [0.2, 0.25) is 0 Å². The Balaban J connectivity index is 1.96. The molecule has 1 N–H and O–H groups in total. The van der Waals surface area contributed by atoms with E-state index in [1.54, 1.807) is 4.90 Å². The Bertz CT molecular complexity index is 558. The molecule has 4 nitrogen and oxygen atoms in total. The Kier molecular flexibility index (Phi) is 4.89. The Morgan fingerprint density at radius 2 is 1.70 bits per heavy atom. The summed E-state index contributed by atoms with van der Waals surface area (Å²) in [5.74, 6) is 0. The number of halogens is 3. The minimum Gasteiger partial charge on any atom is -0.322 e. The van der Waals surface area contributed by atoms with Crippen molar-refractivity contribution in [3.05, 3.63) is 29.8 Å². The molecule has 128 valence electrons. The quantitative estimate of drug-likeness (QED) is 0.853. The number of amides is 2. The maximum absolute atomic E-state index is 12.7. The van der Waals surface area contributed by atoms with Crippen molar-refractivity contribution in [1.82, 2.24) is 9.80 Å². The maximum atomic E-state index is 12.7. The van der Waals surface area contributed by atoms with E-state index in [-0.39, 0.29) is 17.3 Å². The minimum atomic E-state index is -4.42. The lowest BCUT2D eigenvalue weighted by Crippen LogP contribution is -2.55. The highest BCUT2D eigenvalue weighted by molar-refractivity contribution is 5.89. The van der Waals surface area contributed by atoms with Gasteiger partial charge in [0.05, 0.1) is 5.56 Å². The molecule has 0 aliphatic carbocycles. The van der Waals surface area contributed by atoms with E-state index < -0.39 is 11.7 Å². The average molecular weight is 329 g/mol. The molecule has 2 rings (SSSR count). The van der Waals surface area contributed by atoms with Crippen LogP contribution in [0.2, 0.25) is 0 Å². The van der Waals surface area contributed by atoms with Gasteiger partial charge in [-0.2, -0.15) is 13.2 Å². The summed E-state index contributed by atoms with van der Waals surface area (Å²) in [6.45, 7) is 8.96. The molecule has 0 bridgehead atoms. The van der Waals surface area contributed by atoms with Gasteiger partial charge in [-0.05, 0) is 39.0 Å². The molecule has 0 radical (unpaired) electrons. The van der Waals surface area contributed by atoms with E-state index in [1.807, 2.05) is 0 Å². The van der Waals surface area contributed by atoms with E-state index in [1.165, 1.54) is 12.1 Å². The van der Waals surface area contributed by atoms with E-state index in [0.29, 0.717) is 13.1 Å². The van der Waals surface area contributed by atoms with Crippen molar-refractivity contribution >= 4 is 11.7 Å². The lowest BCUT2D eigenvalue weighted by atomic mass is 10.1. The number of nitrogens with one attached hydrogen (secondary N) is 1. The monoisotopic (exact) mass is 329 g/mol. The number of piperazine rings is 1. The number of anilines is 1. The molecule has 0 saturated carbocycles. The fourth-order valence-electron chi connectivity index (χ4n) is 2.56. The molecule has 0 spiro atoms. The van der Waals surface area contributed by atoms with Crippen LogP contribution in [-0.2, 0) is 6.18 Å². The number of rotatable bonds is 1. The maximum Gasteiger partial charge on any atom is 0.416 e. The van der Waals surface area contributed by atoms with E-state index in [4.69, 9.17) is 0 Å². The molecule has 0 atom stereocenters. The predicted molar refractivity (Wildman–Crippen MR) is 83.4 cm³/mol. The Morgan fingerprint density at radius 3 is 2.22 bits per heavy atom. The number of benzene rings is 1. The van der Waals surface area contributed by atoms with Gasteiger partial charge in [-0.1, -0.05) is 6.07 Å². The van der Waals surface area contributed by atoms with Crippen molar-refractivity contribution in [2.45, 2.75) is 32.5 Å².